The van der Waals surface area contributed by atoms with Crippen LogP contribution < -0.4 is 4.74 Å². The van der Waals surface area contributed by atoms with E-state index in [1.54, 1.807) is 0 Å². The van der Waals surface area contributed by atoms with Crippen molar-refractivity contribution >= 4 is 17.8 Å². The van der Waals surface area contributed by atoms with Crippen LogP contribution >= 0.6 is 0 Å². The second-order valence-electron chi connectivity index (χ2n) is 7.39. The molecule has 1 aliphatic heterocycles. The van der Waals surface area contributed by atoms with Gasteiger partial charge in [0.2, 0.25) is 11.8 Å². The van der Waals surface area contributed by atoms with Crippen LogP contribution in [-0.2, 0) is 14.4 Å². The molecule has 2 aliphatic carbocycles. The van der Waals surface area contributed by atoms with E-state index in [0.717, 1.165) is 28.0 Å². The lowest BCUT2D eigenvalue weighted by Gasteiger charge is -2.17. The summed E-state index contributed by atoms with van der Waals surface area (Å²) in [7, 11) is 0. The molecule has 3 aliphatic rings. The zero-order valence-electron chi connectivity index (χ0n) is 14.6. The molecule has 25 heavy (non-hydrogen) atoms. The topological polar surface area (TPSA) is 63.7 Å². The predicted molar refractivity (Wildman–Crippen MR) is 90.7 cm³/mol. The van der Waals surface area contributed by atoms with Crippen molar-refractivity contribution in [2.45, 2.75) is 27.2 Å². The van der Waals surface area contributed by atoms with Gasteiger partial charge in [0.05, 0.1) is 11.8 Å². The van der Waals surface area contributed by atoms with Crippen LogP contribution in [0.1, 0.15) is 23.1 Å². The van der Waals surface area contributed by atoms with E-state index in [9.17, 15) is 14.4 Å². The van der Waals surface area contributed by atoms with Crippen LogP contribution in [0.15, 0.2) is 24.3 Å². The highest BCUT2D eigenvalue weighted by molar-refractivity contribution is 6.08. The highest BCUT2D eigenvalue weighted by Gasteiger charge is 2.59. The van der Waals surface area contributed by atoms with Crippen molar-refractivity contribution in [1.82, 2.24) is 4.90 Å². The fourth-order valence-electron chi connectivity index (χ4n) is 4.48. The minimum atomic E-state index is -0.571. The summed E-state index contributed by atoms with van der Waals surface area (Å²) in [5.41, 5.74) is 2.78. The Morgan fingerprint density at radius 3 is 2.20 bits per heavy atom. The van der Waals surface area contributed by atoms with Gasteiger partial charge in [0.25, 0.3) is 0 Å². The van der Waals surface area contributed by atoms with Gasteiger partial charge in [-0.25, -0.2) is 4.79 Å². The van der Waals surface area contributed by atoms with E-state index >= 15 is 0 Å². The Kier molecular flexibility index (Phi) is 3.56. The zero-order chi connectivity index (χ0) is 17.9. The standard InChI is InChI=1S/C20H21NO4/c1-10-4-5-11(2)18(12(10)3)25-15(22)9-21-19(23)16-13-6-7-14(8-13)17(16)20(21)24/h4-7,13-14,16-17H,8-9H2,1-3H3. The Morgan fingerprint density at radius 2 is 1.60 bits per heavy atom. The molecule has 1 aromatic carbocycles. The monoisotopic (exact) mass is 339 g/mol. The Labute approximate surface area is 146 Å². The van der Waals surface area contributed by atoms with Gasteiger partial charge >= 0.3 is 5.97 Å². The van der Waals surface area contributed by atoms with Crippen molar-refractivity contribution in [3.8, 4) is 5.75 Å². The maximum atomic E-state index is 12.6. The molecule has 4 rings (SSSR count). The van der Waals surface area contributed by atoms with Gasteiger partial charge in [-0.3, -0.25) is 14.5 Å². The van der Waals surface area contributed by atoms with Crippen molar-refractivity contribution in [2.75, 3.05) is 6.54 Å². The molecule has 1 heterocycles. The van der Waals surface area contributed by atoms with Crippen molar-refractivity contribution < 1.29 is 19.1 Å². The molecular weight excluding hydrogens is 318 g/mol. The number of allylic oxidation sites excluding steroid dienone is 2. The number of fused-ring (bicyclic) bond motifs is 5. The van der Waals surface area contributed by atoms with Gasteiger partial charge in [-0.15, -0.1) is 0 Å². The first-order chi connectivity index (χ1) is 11.9. The number of hydrogen-bond acceptors (Lipinski definition) is 4. The highest BCUT2D eigenvalue weighted by atomic mass is 16.5. The van der Waals surface area contributed by atoms with Crippen LogP contribution in [0, 0.1) is 44.4 Å². The summed E-state index contributed by atoms with van der Waals surface area (Å²) in [6.07, 6.45) is 4.96. The quantitative estimate of drug-likeness (QED) is 0.367. The number of nitrogens with zero attached hydrogens (tertiary/aromatic N) is 1. The Hall–Kier alpha value is -2.43. The number of hydrogen-bond donors (Lipinski definition) is 0. The third-order valence-electron chi connectivity index (χ3n) is 5.94. The van der Waals surface area contributed by atoms with E-state index in [2.05, 4.69) is 0 Å². The molecular formula is C20H21NO4. The first-order valence-corrected chi connectivity index (χ1v) is 8.69. The lowest BCUT2D eigenvalue weighted by atomic mass is 9.85. The number of likely N-dealkylation sites (tertiary alicyclic amines) is 1. The van der Waals surface area contributed by atoms with E-state index < -0.39 is 5.97 Å². The maximum Gasteiger partial charge on any atom is 0.331 e. The zero-order valence-corrected chi connectivity index (χ0v) is 14.6. The summed E-state index contributed by atoms with van der Waals surface area (Å²) in [6, 6.07) is 3.87. The van der Waals surface area contributed by atoms with Gasteiger partial charge in [-0.2, -0.15) is 0 Å². The van der Waals surface area contributed by atoms with E-state index in [-0.39, 0.29) is 42.0 Å². The molecule has 0 N–H and O–H groups in total. The van der Waals surface area contributed by atoms with Crippen LogP contribution in [-0.4, -0.2) is 29.2 Å². The second-order valence-corrected chi connectivity index (χ2v) is 7.39. The molecule has 0 radical (unpaired) electrons. The van der Waals surface area contributed by atoms with Crippen LogP contribution in [0.4, 0.5) is 0 Å². The van der Waals surface area contributed by atoms with Crippen molar-refractivity contribution in [2.24, 2.45) is 23.7 Å². The molecule has 2 fully saturated rings. The van der Waals surface area contributed by atoms with E-state index in [4.69, 9.17) is 4.74 Å². The molecule has 0 spiro atoms. The third kappa shape index (κ3) is 2.33. The summed E-state index contributed by atoms with van der Waals surface area (Å²) >= 11 is 0. The van der Waals surface area contributed by atoms with E-state index in [1.165, 1.54) is 0 Å². The number of imide groups is 1. The van der Waals surface area contributed by atoms with Crippen molar-refractivity contribution in [3.63, 3.8) is 0 Å². The minimum Gasteiger partial charge on any atom is -0.425 e. The van der Waals surface area contributed by atoms with E-state index in [0.29, 0.717) is 5.75 Å². The number of esters is 1. The number of carbonyl (C=O) groups is 3. The van der Waals surface area contributed by atoms with Gasteiger partial charge in [0.15, 0.2) is 0 Å². The molecule has 1 saturated heterocycles. The van der Waals surface area contributed by atoms with Gasteiger partial charge in [-0.05, 0) is 55.7 Å². The predicted octanol–water partition coefficient (Wildman–Crippen LogP) is 2.32. The first kappa shape index (κ1) is 16.1. The molecule has 1 saturated carbocycles. The summed E-state index contributed by atoms with van der Waals surface area (Å²) in [4.78, 5) is 38.7. The summed E-state index contributed by atoms with van der Waals surface area (Å²) < 4.78 is 5.51. The van der Waals surface area contributed by atoms with Crippen molar-refractivity contribution in [1.29, 1.82) is 0 Å². The summed E-state index contributed by atoms with van der Waals surface area (Å²) in [6.45, 7) is 5.40. The van der Waals surface area contributed by atoms with Crippen LogP contribution in [0.3, 0.4) is 0 Å². The molecule has 130 valence electrons. The number of amides is 2. The van der Waals surface area contributed by atoms with Crippen molar-refractivity contribution in [3.05, 3.63) is 41.0 Å². The van der Waals surface area contributed by atoms with Gasteiger partial charge < -0.3 is 4.74 Å². The molecule has 2 amide bonds. The molecule has 4 atom stereocenters. The Bertz CT molecular complexity index is 795. The smallest absolute Gasteiger partial charge is 0.331 e. The van der Waals surface area contributed by atoms with Gasteiger partial charge in [0, 0.05) is 0 Å². The molecule has 1 aromatic rings. The third-order valence-corrected chi connectivity index (χ3v) is 5.94. The average molecular weight is 339 g/mol. The van der Waals surface area contributed by atoms with Crippen LogP contribution in [0.2, 0.25) is 0 Å². The molecule has 5 nitrogen and oxygen atoms in total. The Morgan fingerprint density at radius 1 is 1.04 bits per heavy atom. The number of rotatable bonds is 3. The lowest BCUT2D eigenvalue weighted by Crippen LogP contribution is -2.38. The fourth-order valence-corrected chi connectivity index (χ4v) is 4.48. The van der Waals surface area contributed by atoms with Gasteiger partial charge in [-0.1, -0.05) is 24.3 Å². The molecule has 5 heteroatoms. The molecule has 0 aromatic heterocycles. The largest absolute Gasteiger partial charge is 0.425 e. The number of ether oxygens (including phenoxy) is 1. The highest BCUT2D eigenvalue weighted by Crippen LogP contribution is 2.52. The second kappa shape index (κ2) is 5.55. The fraction of sp³-hybridized carbons (Fsp3) is 0.450. The van der Waals surface area contributed by atoms with E-state index in [1.807, 2.05) is 45.1 Å². The van der Waals surface area contributed by atoms with Gasteiger partial charge in [0.1, 0.15) is 12.3 Å². The first-order valence-electron chi connectivity index (χ1n) is 8.69. The number of carbonyl (C=O) groups excluding carboxylic acids is 3. The minimum absolute atomic E-state index is 0.147. The number of benzene rings is 1. The summed E-state index contributed by atoms with van der Waals surface area (Å²) in [5, 5.41) is 0. The maximum absolute atomic E-state index is 12.6. The van der Waals surface area contributed by atoms with Crippen LogP contribution in [0.25, 0.3) is 0 Å². The molecule has 2 bridgehead atoms. The molecule has 4 unspecified atom stereocenters. The lowest BCUT2D eigenvalue weighted by molar-refractivity contribution is -0.148. The van der Waals surface area contributed by atoms with Crippen LogP contribution in [0.5, 0.6) is 5.75 Å². The normalized spacial score (nSPS) is 29.5. The Balaban J connectivity index is 1.50. The SMILES string of the molecule is Cc1ccc(C)c(OC(=O)CN2C(=O)C3C4C=CC(C4)C3C2=O)c1C. The number of aryl methyl sites for hydroxylation is 2. The average Bonchev–Trinajstić information content (AvgIpc) is 3.25. The summed E-state index contributed by atoms with van der Waals surface area (Å²) in [5.74, 6) is -0.759.